The first-order chi connectivity index (χ1) is 6.70. The van der Waals surface area contributed by atoms with Crippen LogP contribution >= 0.6 is 11.3 Å². The number of rotatable bonds is 2. The molecule has 2 N–H and O–H groups in total. The monoisotopic (exact) mass is 211 g/mol. The average molecular weight is 211 g/mol. The van der Waals surface area contributed by atoms with Gasteiger partial charge in [0.25, 0.3) is 0 Å². The van der Waals surface area contributed by atoms with Gasteiger partial charge in [0.15, 0.2) is 0 Å². The molecule has 1 aliphatic heterocycles. The molecular weight excluding hydrogens is 194 g/mol. The number of likely N-dealkylation sites (N-methyl/N-ethyl adjacent to an activating group) is 1. The Morgan fingerprint density at radius 2 is 2.43 bits per heavy atom. The number of aromatic nitrogens is 1. The molecule has 0 fully saturated rings. The molecule has 0 aliphatic carbocycles. The third kappa shape index (κ3) is 1.82. The normalized spacial score (nSPS) is 19.4. The van der Waals surface area contributed by atoms with E-state index in [4.69, 9.17) is 5.73 Å². The van der Waals surface area contributed by atoms with Gasteiger partial charge < -0.3 is 5.73 Å². The topological polar surface area (TPSA) is 42.2 Å². The molecule has 0 bridgehead atoms. The van der Waals surface area contributed by atoms with Gasteiger partial charge in [-0.1, -0.05) is 6.92 Å². The molecule has 1 unspecified atom stereocenters. The third-order valence-electron chi connectivity index (χ3n) is 2.66. The Morgan fingerprint density at radius 1 is 1.64 bits per heavy atom. The molecule has 0 aromatic carbocycles. The Morgan fingerprint density at radius 3 is 3.07 bits per heavy atom. The summed E-state index contributed by atoms with van der Waals surface area (Å²) < 4.78 is 0. The predicted octanol–water partition coefficient (Wildman–Crippen LogP) is 1.54. The molecule has 0 amide bonds. The van der Waals surface area contributed by atoms with Gasteiger partial charge in [0.1, 0.15) is 5.01 Å². The van der Waals surface area contributed by atoms with E-state index in [-0.39, 0.29) is 6.04 Å². The van der Waals surface area contributed by atoms with Crippen LogP contribution in [-0.2, 0) is 13.0 Å². The molecule has 4 heteroatoms. The quantitative estimate of drug-likeness (QED) is 0.807. The van der Waals surface area contributed by atoms with Crippen LogP contribution in [0.25, 0.3) is 0 Å². The minimum atomic E-state index is 0.0840. The van der Waals surface area contributed by atoms with Crippen LogP contribution in [0.15, 0.2) is 0 Å². The Labute approximate surface area is 88.9 Å². The second-order valence-corrected chi connectivity index (χ2v) is 4.94. The summed E-state index contributed by atoms with van der Waals surface area (Å²) in [7, 11) is 0. The summed E-state index contributed by atoms with van der Waals surface area (Å²) in [5, 5.41) is 1.09. The molecule has 1 aliphatic rings. The fourth-order valence-corrected chi connectivity index (χ4v) is 2.84. The average Bonchev–Trinajstić information content (AvgIpc) is 2.59. The molecular formula is C10H17N3S. The van der Waals surface area contributed by atoms with Gasteiger partial charge in [-0.05, 0) is 13.5 Å². The fraction of sp³-hybridized carbons (Fsp3) is 0.700. The molecule has 1 aromatic rings. The van der Waals surface area contributed by atoms with E-state index in [1.165, 1.54) is 10.6 Å². The van der Waals surface area contributed by atoms with Crippen LogP contribution in [0.1, 0.15) is 35.5 Å². The van der Waals surface area contributed by atoms with Gasteiger partial charge in [-0.25, -0.2) is 4.98 Å². The lowest BCUT2D eigenvalue weighted by Crippen LogP contribution is -2.29. The number of hydrogen-bond acceptors (Lipinski definition) is 4. The Balaban J connectivity index is 2.21. The number of nitrogens with zero attached hydrogens (tertiary/aromatic N) is 2. The third-order valence-corrected chi connectivity index (χ3v) is 3.95. The van der Waals surface area contributed by atoms with E-state index < -0.39 is 0 Å². The summed E-state index contributed by atoms with van der Waals surface area (Å²) in [6, 6.07) is 0.0840. The smallest absolute Gasteiger partial charge is 0.110 e. The van der Waals surface area contributed by atoms with Crippen LogP contribution in [0, 0.1) is 0 Å². The summed E-state index contributed by atoms with van der Waals surface area (Å²) in [6.07, 6.45) is 1.09. The second-order valence-electron chi connectivity index (χ2n) is 3.83. The van der Waals surface area contributed by atoms with Crippen LogP contribution in [-0.4, -0.2) is 23.0 Å². The van der Waals surface area contributed by atoms with Gasteiger partial charge in [0.05, 0.1) is 11.7 Å². The van der Waals surface area contributed by atoms with Crippen molar-refractivity contribution in [3.8, 4) is 0 Å². The van der Waals surface area contributed by atoms with E-state index in [0.29, 0.717) is 0 Å². The second kappa shape index (κ2) is 3.96. The summed E-state index contributed by atoms with van der Waals surface area (Å²) in [6.45, 7) is 7.55. The molecule has 3 nitrogen and oxygen atoms in total. The predicted molar refractivity (Wildman–Crippen MR) is 59.4 cm³/mol. The van der Waals surface area contributed by atoms with Crippen LogP contribution in [0.2, 0.25) is 0 Å². The van der Waals surface area contributed by atoms with E-state index in [9.17, 15) is 0 Å². The minimum Gasteiger partial charge on any atom is -0.322 e. The first-order valence-corrected chi connectivity index (χ1v) is 5.98. The lowest BCUT2D eigenvalue weighted by Gasteiger charge is -2.23. The Kier molecular flexibility index (Phi) is 2.85. The lowest BCUT2D eigenvalue weighted by atomic mass is 10.2. The molecule has 0 saturated heterocycles. The minimum absolute atomic E-state index is 0.0840. The zero-order valence-corrected chi connectivity index (χ0v) is 9.60. The maximum Gasteiger partial charge on any atom is 0.110 e. The number of thiazole rings is 1. The molecule has 1 atom stereocenters. The van der Waals surface area contributed by atoms with Crippen molar-refractivity contribution in [2.24, 2.45) is 5.73 Å². The fourth-order valence-electron chi connectivity index (χ4n) is 1.73. The van der Waals surface area contributed by atoms with E-state index in [2.05, 4.69) is 16.8 Å². The highest BCUT2D eigenvalue weighted by Gasteiger charge is 2.20. The van der Waals surface area contributed by atoms with Gasteiger partial charge in [-0.3, -0.25) is 4.90 Å². The SMILES string of the molecule is CCN1CCc2nc(C(C)N)sc2C1. The van der Waals surface area contributed by atoms with Crippen molar-refractivity contribution in [3.05, 3.63) is 15.6 Å². The summed E-state index contributed by atoms with van der Waals surface area (Å²) in [5.74, 6) is 0. The summed E-state index contributed by atoms with van der Waals surface area (Å²) in [5.41, 5.74) is 7.11. The van der Waals surface area contributed by atoms with Crippen molar-refractivity contribution < 1.29 is 0 Å². The molecule has 2 heterocycles. The van der Waals surface area contributed by atoms with E-state index in [1.807, 2.05) is 6.92 Å². The lowest BCUT2D eigenvalue weighted by molar-refractivity contribution is 0.269. The van der Waals surface area contributed by atoms with E-state index >= 15 is 0 Å². The number of fused-ring (bicyclic) bond motifs is 1. The molecule has 0 radical (unpaired) electrons. The van der Waals surface area contributed by atoms with Crippen molar-refractivity contribution >= 4 is 11.3 Å². The summed E-state index contributed by atoms with van der Waals surface area (Å²) >= 11 is 1.78. The molecule has 2 rings (SSSR count). The first kappa shape index (κ1) is 10.1. The van der Waals surface area contributed by atoms with Gasteiger partial charge in [-0.2, -0.15) is 0 Å². The maximum atomic E-state index is 5.83. The number of hydrogen-bond donors (Lipinski definition) is 1. The molecule has 78 valence electrons. The first-order valence-electron chi connectivity index (χ1n) is 5.17. The van der Waals surface area contributed by atoms with Crippen molar-refractivity contribution in [1.29, 1.82) is 0 Å². The van der Waals surface area contributed by atoms with Crippen molar-refractivity contribution in [3.63, 3.8) is 0 Å². The van der Waals surface area contributed by atoms with Crippen molar-refractivity contribution in [2.45, 2.75) is 32.9 Å². The van der Waals surface area contributed by atoms with Crippen molar-refractivity contribution in [2.75, 3.05) is 13.1 Å². The van der Waals surface area contributed by atoms with Crippen molar-refractivity contribution in [1.82, 2.24) is 9.88 Å². The zero-order chi connectivity index (χ0) is 10.1. The Bertz CT molecular complexity index is 319. The van der Waals surface area contributed by atoms with Crippen LogP contribution in [0.5, 0.6) is 0 Å². The highest BCUT2D eigenvalue weighted by Crippen LogP contribution is 2.27. The van der Waals surface area contributed by atoms with Gasteiger partial charge in [0.2, 0.25) is 0 Å². The van der Waals surface area contributed by atoms with Crippen LogP contribution in [0.4, 0.5) is 0 Å². The molecule has 0 spiro atoms. The van der Waals surface area contributed by atoms with E-state index in [1.54, 1.807) is 11.3 Å². The van der Waals surface area contributed by atoms with Gasteiger partial charge >= 0.3 is 0 Å². The molecule has 0 saturated carbocycles. The zero-order valence-electron chi connectivity index (χ0n) is 8.79. The highest BCUT2D eigenvalue weighted by atomic mass is 32.1. The number of nitrogens with two attached hydrogens (primary N) is 1. The largest absolute Gasteiger partial charge is 0.322 e. The highest BCUT2D eigenvalue weighted by molar-refractivity contribution is 7.11. The standard InChI is InChI=1S/C10H17N3S/c1-3-13-5-4-8-9(6-13)14-10(12-8)7(2)11/h7H,3-6,11H2,1-2H3. The summed E-state index contributed by atoms with van der Waals surface area (Å²) in [4.78, 5) is 8.46. The van der Waals surface area contributed by atoms with Crippen LogP contribution < -0.4 is 5.73 Å². The van der Waals surface area contributed by atoms with Gasteiger partial charge in [-0.15, -0.1) is 11.3 Å². The molecule has 1 aromatic heterocycles. The Hall–Kier alpha value is -0.450. The van der Waals surface area contributed by atoms with Crippen LogP contribution in [0.3, 0.4) is 0 Å². The molecule has 14 heavy (non-hydrogen) atoms. The van der Waals surface area contributed by atoms with E-state index in [0.717, 1.165) is 31.1 Å². The maximum absolute atomic E-state index is 5.83. The van der Waals surface area contributed by atoms with Gasteiger partial charge in [0, 0.05) is 24.4 Å².